The summed E-state index contributed by atoms with van der Waals surface area (Å²) >= 11 is 11.7. The van der Waals surface area contributed by atoms with Crippen molar-refractivity contribution in [3.05, 3.63) is 34.5 Å². The highest BCUT2D eigenvalue weighted by Crippen LogP contribution is 2.40. The lowest BCUT2D eigenvalue weighted by Crippen LogP contribution is -2.45. The second kappa shape index (κ2) is 10.4. The highest BCUT2D eigenvalue weighted by atomic mass is 35.5. The molecule has 0 aromatic carbocycles. The number of pyridine rings is 1. The molecule has 1 aliphatic carbocycles. The fourth-order valence-electron chi connectivity index (χ4n) is 5.16. The van der Waals surface area contributed by atoms with Crippen molar-refractivity contribution in [2.75, 3.05) is 39.8 Å². The molecule has 1 aromatic heterocycles. The molecule has 8 heteroatoms. The van der Waals surface area contributed by atoms with Crippen LogP contribution in [0.25, 0.3) is 0 Å². The Morgan fingerprint density at radius 3 is 2.66 bits per heavy atom. The summed E-state index contributed by atoms with van der Waals surface area (Å²) in [6.07, 6.45) is 11.8. The molecule has 3 heterocycles. The number of likely N-dealkylation sites (tertiary alicyclic amines) is 2. The number of nitrogens with one attached hydrogen (secondary N) is 1. The number of allylic oxidation sites excluding steroid dienone is 1. The zero-order chi connectivity index (χ0) is 22.6. The van der Waals surface area contributed by atoms with E-state index in [1.54, 1.807) is 17.7 Å². The van der Waals surface area contributed by atoms with Crippen LogP contribution in [0.15, 0.2) is 23.8 Å². The molecule has 2 saturated heterocycles. The zero-order valence-corrected chi connectivity index (χ0v) is 20.4. The molecule has 2 fully saturated rings. The van der Waals surface area contributed by atoms with Crippen molar-refractivity contribution < 1.29 is 9.53 Å². The number of carbonyl (C=O) groups excluding carboxylic acids is 1. The van der Waals surface area contributed by atoms with Crippen LogP contribution >= 0.6 is 23.8 Å². The Balaban J connectivity index is 1.25. The van der Waals surface area contributed by atoms with E-state index >= 15 is 0 Å². The van der Waals surface area contributed by atoms with Gasteiger partial charge in [-0.3, -0.25) is 4.79 Å². The van der Waals surface area contributed by atoms with Crippen LogP contribution in [0.2, 0.25) is 5.15 Å². The molecule has 0 radical (unpaired) electrons. The van der Waals surface area contributed by atoms with E-state index in [0.29, 0.717) is 11.4 Å². The predicted octanol–water partition coefficient (Wildman–Crippen LogP) is 4.44. The van der Waals surface area contributed by atoms with E-state index in [1.807, 2.05) is 4.90 Å². The lowest BCUT2D eigenvalue weighted by Gasteiger charge is -2.39. The molecular formula is C24H33ClN4O2S. The maximum Gasteiger partial charge on any atom is 0.254 e. The van der Waals surface area contributed by atoms with Gasteiger partial charge in [-0.25, -0.2) is 4.98 Å². The normalized spacial score (nSPS) is 20.2. The number of hydrogen-bond acceptors (Lipinski definition) is 4. The number of aromatic nitrogens is 1. The summed E-state index contributed by atoms with van der Waals surface area (Å²) in [6, 6.07) is 3.27. The average molecular weight is 477 g/mol. The number of amides is 1. The summed E-state index contributed by atoms with van der Waals surface area (Å²) in [5.41, 5.74) is 2.36. The Labute approximate surface area is 201 Å². The quantitative estimate of drug-likeness (QED) is 0.385. The lowest BCUT2D eigenvalue weighted by molar-refractivity contribution is 0.0598. The highest BCUT2D eigenvalue weighted by molar-refractivity contribution is 7.80. The SMILES string of the molecule is COc1cc(C(=O)N2CCC3(CC2)CCN(C(=S)NCCC2=CCCCC2)C3)cc(Cl)n1. The van der Waals surface area contributed by atoms with Crippen molar-refractivity contribution in [1.29, 1.82) is 0 Å². The number of hydrogen-bond donors (Lipinski definition) is 1. The second-order valence-corrected chi connectivity index (χ2v) is 10.0. The Kier molecular flexibility index (Phi) is 7.56. The van der Waals surface area contributed by atoms with Crippen LogP contribution in [0.1, 0.15) is 61.7 Å². The van der Waals surface area contributed by atoms with Crippen LogP contribution in [0.4, 0.5) is 0 Å². The molecule has 174 valence electrons. The summed E-state index contributed by atoms with van der Waals surface area (Å²) in [4.78, 5) is 21.3. The maximum atomic E-state index is 13.0. The largest absolute Gasteiger partial charge is 0.481 e. The molecule has 32 heavy (non-hydrogen) atoms. The van der Waals surface area contributed by atoms with Gasteiger partial charge in [-0.15, -0.1) is 0 Å². The van der Waals surface area contributed by atoms with Gasteiger partial charge >= 0.3 is 0 Å². The third-order valence-electron chi connectivity index (χ3n) is 7.17. The van der Waals surface area contributed by atoms with Crippen molar-refractivity contribution in [3.8, 4) is 5.88 Å². The number of methoxy groups -OCH3 is 1. The van der Waals surface area contributed by atoms with Crippen molar-refractivity contribution >= 4 is 34.8 Å². The van der Waals surface area contributed by atoms with Gasteiger partial charge in [0.2, 0.25) is 5.88 Å². The highest BCUT2D eigenvalue weighted by Gasteiger charge is 2.42. The number of ether oxygens (including phenoxy) is 1. The van der Waals surface area contributed by atoms with Gasteiger partial charge in [0.25, 0.3) is 5.91 Å². The minimum absolute atomic E-state index is 0.00786. The van der Waals surface area contributed by atoms with Gasteiger partial charge in [0.05, 0.1) is 7.11 Å². The molecular weight excluding hydrogens is 444 g/mol. The Morgan fingerprint density at radius 2 is 1.97 bits per heavy atom. The molecule has 0 atom stereocenters. The van der Waals surface area contributed by atoms with Gasteiger partial charge < -0.3 is 19.9 Å². The van der Waals surface area contributed by atoms with E-state index in [0.717, 1.165) is 63.5 Å². The number of halogens is 1. The summed E-state index contributed by atoms with van der Waals surface area (Å²) in [6.45, 7) is 4.42. The Hall–Kier alpha value is -1.86. The first kappa shape index (κ1) is 23.3. The number of piperidine rings is 1. The summed E-state index contributed by atoms with van der Waals surface area (Å²) in [5, 5.41) is 4.64. The number of rotatable bonds is 5. The molecule has 3 aliphatic rings. The first-order valence-electron chi connectivity index (χ1n) is 11.7. The number of carbonyl (C=O) groups is 1. The maximum absolute atomic E-state index is 13.0. The van der Waals surface area contributed by atoms with Crippen LogP contribution in [0.5, 0.6) is 5.88 Å². The average Bonchev–Trinajstić information content (AvgIpc) is 3.23. The van der Waals surface area contributed by atoms with Gasteiger partial charge in [0, 0.05) is 44.4 Å². The first-order chi connectivity index (χ1) is 15.5. The van der Waals surface area contributed by atoms with Crippen LogP contribution in [0.3, 0.4) is 0 Å². The van der Waals surface area contributed by atoms with Gasteiger partial charge in [-0.2, -0.15) is 0 Å². The number of nitrogens with zero attached hydrogens (tertiary/aromatic N) is 3. The Bertz CT molecular complexity index is 883. The molecule has 6 nitrogen and oxygen atoms in total. The molecule has 1 N–H and O–H groups in total. The fourth-order valence-corrected chi connectivity index (χ4v) is 5.62. The number of thiocarbonyl (C=S) groups is 1. The standard InChI is InChI=1S/C24H33ClN4O2S/c1-31-21-16-19(15-20(25)27-21)22(30)28-12-8-24(9-13-28)10-14-29(17-24)23(32)26-11-7-18-5-3-2-4-6-18/h5,15-16H,2-4,6-14,17H2,1H3,(H,26,32). The van der Waals surface area contributed by atoms with Crippen molar-refractivity contribution in [2.45, 2.75) is 51.4 Å². The third-order valence-corrected chi connectivity index (χ3v) is 7.77. The smallest absolute Gasteiger partial charge is 0.254 e. The van der Waals surface area contributed by atoms with Crippen molar-refractivity contribution in [2.24, 2.45) is 5.41 Å². The second-order valence-electron chi connectivity index (χ2n) is 9.27. The van der Waals surface area contributed by atoms with Crippen LogP contribution in [0, 0.1) is 5.41 Å². The van der Waals surface area contributed by atoms with E-state index in [1.165, 1.54) is 32.8 Å². The van der Waals surface area contributed by atoms with Gasteiger partial charge in [0.1, 0.15) is 5.15 Å². The topological polar surface area (TPSA) is 57.7 Å². The van der Waals surface area contributed by atoms with E-state index in [2.05, 4.69) is 21.3 Å². The molecule has 0 saturated carbocycles. The first-order valence-corrected chi connectivity index (χ1v) is 12.5. The molecule has 2 aliphatic heterocycles. The Morgan fingerprint density at radius 1 is 1.22 bits per heavy atom. The van der Waals surface area contributed by atoms with E-state index in [9.17, 15) is 4.79 Å². The zero-order valence-electron chi connectivity index (χ0n) is 18.9. The molecule has 4 rings (SSSR count). The fraction of sp³-hybridized carbons (Fsp3) is 0.625. The molecule has 1 aromatic rings. The summed E-state index contributed by atoms with van der Waals surface area (Å²) in [7, 11) is 1.52. The molecule has 0 bridgehead atoms. The molecule has 1 spiro atoms. The van der Waals surface area contributed by atoms with Gasteiger partial charge in [0.15, 0.2) is 5.11 Å². The molecule has 0 unspecified atom stereocenters. The van der Waals surface area contributed by atoms with Crippen molar-refractivity contribution in [3.63, 3.8) is 0 Å². The van der Waals surface area contributed by atoms with Crippen molar-refractivity contribution in [1.82, 2.24) is 20.1 Å². The van der Waals surface area contributed by atoms with E-state index in [4.69, 9.17) is 28.6 Å². The van der Waals surface area contributed by atoms with Crippen LogP contribution < -0.4 is 10.1 Å². The van der Waals surface area contributed by atoms with E-state index in [-0.39, 0.29) is 16.5 Å². The van der Waals surface area contributed by atoms with E-state index < -0.39 is 0 Å². The third kappa shape index (κ3) is 5.54. The van der Waals surface area contributed by atoms with Gasteiger partial charge in [-0.1, -0.05) is 23.3 Å². The minimum atomic E-state index is -0.00786. The van der Waals surface area contributed by atoms with Crippen LogP contribution in [-0.4, -0.2) is 65.6 Å². The van der Waals surface area contributed by atoms with Gasteiger partial charge in [-0.05, 0) is 75.1 Å². The van der Waals surface area contributed by atoms with Crippen LogP contribution in [-0.2, 0) is 0 Å². The molecule has 1 amide bonds. The predicted molar refractivity (Wildman–Crippen MR) is 131 cm³/mol. The minimum Gasteiger partial charge on any atom is -0.481 e. The monoisotopic (exact) mass is 476 g/mol. The lowest BCUT2D eigenvalue weighted by atomic mass is 9.77. The summed E-state index contributed by atoms with van der Waals surface area (Å²) in [5.74, 6) is 0.355. The summed E-state index contributed by atoms with van der Waals surface area (Å²) < 4.78 is 5.15.